The molecule has 3 aromatic rings. The topological polar surface area (TPSA) is 110 Å². The van der Waals surface area contributed by atoms with E-state index in [1.54, 1.807) is 60.7 Å². The zero-order chi connectivity index (χ0) is 26.9. The van der Waals surface area contributed by atoms with Crippen molar-refractivity contribution in [2.24, 2.45) is 0 Å². The van der Waals surface area contributed by atoms with E-state index in [0.29, 0.717) is 26.2 Å². The smallest absolute Gasteiger partial charge is 0.338 e. The Labute approximate surface area is 232 Å². The van der Waals surface area contributed by atoms with E-state index in [2.05, 4.69) is 0 Å². The van der Waals surface area contributed by atoms with Crippen molar-refractivity contribution in [1.29, 1.82) is 0 Å². The first kappa shape index (κ1) is 28.8. The van der Waals surface area contributed by atoms with Gasteiger partial charge in [0.05, 0.1) is 21.9 Å². The minimum atomic E-state index is -0.934. The number of thioether (sulfide) groups is 1. The van der Waals surface area contributed by atoms with Gasteiger partial charge in [-0.3, -0.25) is 0 Å². The van der Waals surface area contributed by atoms with E-state index in [0.717, 1.165) is 0 Å². The molecule has 11 heteroatoms. The molecular weight excluding hydrogens is 563 g/mol. The number of aromatic carboxylic acids is 1. The minimum absolute atomic E-state index is 0.0156. The highest BCUT2D eigenvalue weighted by Gasteiger charge is 2.38. The second kappa shape index (κ2) is 13.7. The van der Waals surface area contributed by atoms with Crippen LogP contribution in [0.2, 0.25) is 15.1 Å². The molecule has 1 aliphatic rings. The number of carbonyl (C=O) groups is 3. The van der Waals surface area contributed by atoms with Gasteiger partial charge < -0.3 is 19.7 Å². The maximum atomic E-state index is 12.3. The Bertz CT molecular complexity index is 1220. The van der Waals surface area contributed by atoms with Crippen molar-refractivity contribution in [3.8, 4) is 0 Å². The molecule has 1 fully saturated rings. The molecule has 2 N–H and O–H groups in total. The van der Waals surface area contributed by atoms with Gasteiger partial charge in [0.1, 0.15) is 18.1 Å². The van der Waals surface area contributed by atoms with Gasteiger partial charge in [0.25, 0.3) is 0 Å². The summed E-state index contributed by atoms with van der Waals surface area (Å²) in [4.78, 5) is 34.7. The second-order valence-electron chi connectivity index (χ2n) is 7.73. The summed E-state index contributed by atoms with van der Waals surface area (Å²) in [7, 11) is 0. The number of halogens is 3. The van der Waals surface area contributed by atoms with Gasteiger partial charge in [-0.2, -0.15) is 0 Å². The highest BCUT2D eigenvalue weighted by molar-refractivity contribution is 8.00. The summed E-state index contributed by atoms with van der Waals surface area (Å²) >= 11 is 18.4. The SMILES string of the molecule is O=C(O)c1ccc(Cl)cc1.O=C(OCC1SC(O)CC1OC(=O)c1ccc(Cl)cc1)c1ccc(Cl)cc1. The fourth-order valence-electron chi connectivity index (χ4n) is 3.18. The molecule has 1 saturated heterocycles. The maximum Gasteiger partial charge on any atom is 0.338 e. The number of benzene rings is 3. The third-order valence-corrected chi connectivity index (χ3v) is 7.12. The first-order valence-corrected chi connectivity index (χ1v) is 12.9. The molecular formula is C26H21Cl3O7S. The number of hydrogen-bond donors (Lipinski definition) is 2. The molecule has 0 spiro atoms. The third kappa shape index (κ3) is 8.94. The van der Waals surface area contributed by atoms with Gasteiger partial charge in [-0.05, 0) is 72.8 Å². The Morgan fingerprint density at radius 3 is 1.65 bits per heavy atom. The number of esters is 2. The lowest BCUT2D eigenvalue weighted by atomic mass is 10.2. The summed E-state index contributed by atoms with van der Waals surface area (Å²) in [6.45, 7) is 0.0156. The number of hydrogen-bond acceptors (Lipinski definition) is 7. The molecule has 194 valence electrons. The fourth-order valence-corrected chi connectivity index (χ4v) is 4.75. The van der Waals surface area contributed by atoms with Crippen molar-refractivity contribution < 1.29 is 34.1 Å². The van der Waals surface area contributed by atoms with Crippen molar-refractivity contribution in [1.82, 2.24) is 0 Å². The van der Waals surface area contributed by atoms with Gasteiger partial charge in [-0.25, -0.2) is 14.4 Å². The normalized spacial score (nSPS) is 18.3. The Balaban J connectivity index is 0.000000319. The quantitative estimate of drug-likeness (QED) is 0.328. The molecule has 0 bridgehead atoms. The highest BCUT2D eigenvalue weighted by Crippen LogP contribution is 2.35. The van der Waals surface area contributed by atoms with E-state index in [-0.39, 0.29) is 23.8 Å². The Morgan fingerprint density at radius 2 is 1.19 bits per heavy atom. The summed E-state index contributed by atoms with van der Waals surface area (Å²) in [5, 5.41) is 19.6. The average Bonchev–Trinajstić information content (AvgIpc) is 3.22. The number of carboxylic acids is 1. The molecule has 4 rings (SSSR count). The summed E-state index contributed by atoms with van der Waals surface area (Å²) in [6.07, 6.45) is -0.293. The van der Waals surface area contributed by atoms with E-state index >= 15 is 0 Å². The zero-order valence-corrected chi connectivity index (χ0v) is 22.1. The van der Waals surface area contributed by atoms with Crippen LogP contribution in [0.25, 0.3) is 0 Å². The van der Waals surface area contributed by atoms with Crippen molar-refractivity contribution >= 4 is 64.5 Å². The lowest BCUT2D eigenvalue weighted by Crippen LogP contribution is -2.29. The molecule has 3 atom stereocenters. The van der Waals surface area contributed by atoms with Crippen LogP contribution in [0, 0.1) is 0 Å². The molecule has 0 amide bonds. The van der Waals surface area contributed by atoms with E-state index in [1.165, 1.54) is 23.9 Å². The third-order valence-electron chi connectivity index (χ3n) is 5.07. The molecule has 0 saturated carbocycles. The lowest BCUT2D eigenvalue weighted by Gasteiger charge is -2.19. The van der Waals surface area contributed by atoms with Crippen LogP contribution < -0.4 is 0 Å². The number of ether oxygens (including phenoxy) is 2. The van der Waals surface area contributed by atoms with E-state index in [9.17, 15) is 19.5 Å². The number of carbonyl (C=O) groups excluding carboxylic acids is 2. The van der Waals surface area contributed by atoms with Crippen LogP contribution >= 0.6 is 46.6 Å². The van der Waals surface area contributed by atoms with Gasteiger partial charge in [-0.1, -0.05) is 34.8 Å². The molecule has 1 heterocycles. The number of rotatable bonds is 6. The van der Waals surface area contributed by atoms with Crippen molar-refractivity contribution in [2.75, 3.05) is 6.61 Å². The van der Waals surface area contributed by atoms with E-state index in [4.69, 9.17) is 49.4 Å². The van der Waals surface area contributed by atoms with E-state index in [1.807, 2.05) is 0 Å². The maximum absolute atomic E-state index is 12.3. The predicted octanol–water partition coefficient (Wildman–Crippen LogP) is 6.24. The van der Waals surface area contributed by atoms with Gasteiger partial charge >= 0.3 is 17.9 Å². The van der Waals surface area contributed by atoms with Crippen LogP contribution in [0.3, 0.4) is 0 Å². The van der Waals surface area contributed by atoms with Crippen LogP contribution in [0.15, 0.2) is 72.8 Å². The first-order valence-electron chi connectivity index (χ1n) is 10.8. The Hall–Kier alpha value is -2.75. The van der Waals surface area contributed by atoms with Gasteiger partial charge in [0.15, 0.2) is 0 Å². The largest absolute Gasteiger partial charge is 0.478 e. The standard InChI is InChI=1S/C19H16Cl2O5S.C7H5ClO2/c20-13-5-1-11(2-6-13)18(23)25-10-16-15(9-17(22)27-16)26-19(24)12-3-7-14(21)8-4-12;8-6-3-1-5(2-4-6)7(9)10/h1-8,15-17,22H,9-10H2;1-4H,(H,9,10). The Morgan fingerprint density at radius 1 is 0.757 bits per heavy atom. The number of carboxylic acid groups (broad SMARTS) is 1. The zero-order valence-electron chi connectivity index (χ0n) is 19.1. The lowest BCUT2D eigenvalue weighted by molar-refractivity contribution is 0.0178. The molecule has 0 aromatic heterocycles. The second-order valence-corrected chi connectivity index (χ2v) is 10.5. The van der Waals surface area contributed by atoms with Gasteiger partial charge in [-0.15, -0.1) is 11.8 Å². The van der Waals surface area contributed by atoms with E-state index < -0.39 is 29.4 Å². The average molecular weight is 584 g/mol. The highest BCUT2D eigenvalue weighted by atomic mass is 35.5. The summed E-state index contributed by atoms with van der Waals surface area (Å²) < 4.78 is 10.8. The van der Waals surface area contributed by atoms with Crippen molar-refractivity contribution in [3.63, 3.8) is 0 Å². The van der Waals surface area contributed by atoms with Crippen molar-refractivity contribution in [2.45, 2.75) is 23.2 Å². The number of aliphatic hydroxyl groups excluding tert-OH is 1. The summed E-state index contributed by atoms with van der Waals surface area (Å²) in [6, 6.07) is 18.7. The molecule has 3 aromatic carbocycles. The van der Waals surface area contributed by atoms with Crippen LogP contribution in [0.4, 0.5) is 0 Å². The van der Waals surface area contributed by atoms with Crippen LogP contribution in [0.1, 0.15) is 37.5 Å². The minimum Gasteiger partial charge on any atom is -0.478 e. The van der Waals surface area contributed by atoms with Crippen molar-refractivity contribution in [3.05, 3.63) is 105 Å². The summed E-state index contributed by atoms with van der Waals surface area (Å²) in [5.41, 5.74) is 0.303. The Kier molecular flexibility index (Phi) is 10.7. The monoisotopic (exact) mass is 582 g/mol. The molecule has 7 nitrogen and oxygen atoms in total. The van der Waals surface area contributed by atoms with Gasteiger partial charge in [0.2, 0.25) is 0 Å². The fraction of sp³-hybridized carbons (Fsp3) is 0.192. The molecule has 3 unspecified atom stereocenters. The summed E-state index contributed by atoms with van der Waals surface area (Å²) in [5.74, 6) is -1.95. The number of aliphatic hydroxyl groups is 1. The predicted molar refractivity (Wildman–Crippen MR) is 143 cm³/mol. The molecule has 1 aliphatic heterocycles. The first-order chi connectivity index (χ1) is 17.6. The van der Waals surface area contributed by atoms with Gasteiger partial charge in [0, 0.05) is 21.5 Å². The van der Waals surface area contributed by atoms with Crippen LogP contribution in [0.5, 0.6) is 0 Å². The molecule has 37 heavy (non-hydrogen) atoms. The molecule has 0 radical (unpaired) electrons. The molecule has 0 aliphatic carbocycles. The van der Waals surface area contributed by atoms with Crippen LogP contribution in [-0.4, -0.2) is 51.5 Å². The van der Waals surface area contributed by atoms with Crippen LogP contribution in [-0.2, 0) is 9.47 Å².